The van der Waals surface area contributed by atoms with Crippen LogP contribution in [0.3, 0.4) is 0 Å². The van der Waals surface area contributed by atoms with E-state index < -0.39 is 0 Å². The molecule has 18 heavy (non-hydrogen) atoms. The summed E-state index contributed by atoms with van der Waals surface area (Å²) in [7, 11) is 0. The lowest BCUT2D eigenvalue weighted by Gasteiger charge is -2.25. The van der Waals surface area contributed by atoms with Crippen LogP contribution >= 0.6 is 0 Å². The summed E-state index contributed by atoms with van der Waals surface area (Å²) in [4.78, 5) is 0. The second-order valence-electron chi connectivity index (χ2n) is 6.16. The second-order valence-corrected chi connectivity index (χ2v) is 6.16. The van der Waals surface area contributed by atoms with Gasteiger partial charge < -0.3 is 15.5 Å². The molecule has 0 fully saturated rings. The van der Waals surface area contributed by atoms with Crippen molar-refractivity contribution in [1.82, 2.24) is 5.32 Å². The van der Waals surface area contributed by atoms with E-state index >= 15 is 0 Å². The molecule has 0 spiro atoms. The molecule has 1 aromatic heterocycles. The number of nitrogens with one attached hydrogen (secondary N) is 1. The summed E-state index contributed by atoms with van der Waals surface area (Å²) in [6, 6.07) is 4.09. The van der Waals surface area contributed by atoms with Crippen molar-refractivity contribution in [2.75, 3.05) is 19.6 Å². The molecule has 3 N–H and O–H groups in total. The molecule has 0 aliphatic heterocycles. The van der Waals surface area contributed by atoms with Gasteiger partial charge in [-0.15, -0.1) is 0 Å². The van der Waals surface area contributed by atoms with E-state index in [1.807, 2.05) is 13.0 Å². The monoisotopic (exact) mass is 252 g/mol. The SMILES string of the molecule is Cc1ccc(C(C)(C)CNCC(CN)C(C)C)o1. The van der Waals surface area contributed by atoms with Gasteiger partial charge in [-0.25, -0.2) is 0 Å². The summed E-state index contributed by atoms with van der Waals surface area (Å²) in [6.07, 6.45) is 0. The van der Waals surface area contributed by atoms with Gasteiger partial charge in [0.05, 0.1) is 0 Å². The molecule has 0 saturated carbocycles. The van der Waals surface area contributed by atoms with Crippen LogP contribution in [-0.2, 0) is 5.41 Å². The summed E-state index contributed by atoms with van der Waals surface area (Å²) in [5.74, 6) is 3.18. The van der Waals surface area contributed by atoms with E-state index in [2.05, 4.69) is 39.1 Å². The molecule has 3 nitrogen and oxygen atoms in total. The number of furan rings is 1. The molecule has 1 aromatic rings. The third-order valence-corrected chi connectivity index (χ3v) is 3.63. The van der Waals surface area contributed by atoms with E-state index in [1.54, 1.807) is 0 Å². The standard InChI is InChI=1S/C15H28N2O/c1-11(2)13(8-16)9-17-10-15(4,5)14-7-6-12(3)18-14/h6-7,11,13,17H,8-10,16H2,1-5H3. The summed E-state index contributed by atoms with van der Waals surface area (Å²) in [5, 5.41) is 3.53. The van der Waals surface area contributed by atoms with Gasteiger partial charge in [-0.2, -0.15) is 0 Å². The summed E-state index contributed by atoms with van der Waals surface area (Å²) in [5.41, 5.74) is 5.80. The topological polar surface area (TPSA) is 51.2 Å². The first-order valence-electron chi connectivity index (χ1n) is 6.84. The first-order chi connectivity index (χ1) is 8.36. The minimum atomic E-state index is 0.0182. The summed E-state index contributed by atoms with van der Waals surface area (Å²) < 4.78 is 5.71. The lowest BCUT2D eigenvalue weighted by atomic mass is 9.89. The molecule has 0 aliphatic rings. The van der Waals surface area contributed by atoms with E-state index in [9.17, 15) is 0 Å². The Balaban J connectivity index is 2.47. The van der Waals surface area contributed by atoms with E-state index in [0.717, 1.165) is 31.2 Å². The summed E-state index contributed by atoms with van der Waals surface area (Å²) >= 11 is 0. The van der Waals surface area contributed by atoms with Crippen LogP contribution in [-0.4, -0.2) is 19.6 Å². The number of aryl methyl sites for hydroxylation is 1. The minimum Gasteiger partial charge on any atom is -0.466 e. The predicted molar refractivity (Wildman–Crippen MR) is 76.7 cm³/mol. The van der Waals surface area contributed by atoms with Crippen LogP contribution in [0.1, 0.15) is 39.2 Å². The van der Waals surface area contributed by atoms with Crippen molar-refractivity contribution in [3.05, 3.63) is 23.7 Å². The molecular weight excluding hydrogens is 224 g/mol. The fourth-order valence-electron chi connectivity index (χ4n) is 2.05. The second kappa shape index (κ2) is 6.39. The Labute approximate surface area is 111 Å². The van der Waals surface area contributed by atoms with Gasteiger partial charge in [0.25, 0.3) is 0 Å². The number of nitrogens with two attached hydrogens (primary N) is 1. The molecule has 0 bridgehead atoms. The Hall–Kier alpha value is -0.800. The zero-order chi connectivity index (χ0) is 13.8. The Kier molecular flexibility index (Phi) is 5.42. The fraction of sp³-hybridized carbons (Fsp3) is 0.733. The zero-order valence-corrected chi connectivity index (χ0v) is 12.4. The normalized spacial score (nSPS) is 14.2. The average Bonchev–Trinajstić information content (AvgIpc) is 2.71. The highest BCUT2D eigenvalue weighted by atomic mass is 16.3. The molecular formula is C15H28N2O. The van der Waals surface area contributed by atoms with E-state index in [4.69, 9.17) is 10.2 Å². The van der Waals surface area contributed by atoms with Gasteiger partial charge in [0.1, 0.15) is 11.5 Å². The average molecular weight is 252 g/mol. The Morgan fingerprint density at radius 2 is 2.00 bits per heavy atom. The number of hydrogen-bond acceptors (Lipinski definition) is 3. The van der Waals surface area contributed by atoms with E-state index in [1.165, 1.54) is 0 Å². The molecule has 1 unspecified atom stereocenters. The van der Waals surface area contributed by atoms with Crippen molar-refractivity contribution in [1.29, 1.82) is 0 Å². The number of rotatable bonds is 7. The van der Waals surface area contributed by atoms with Gasteiger partial charge in [-0.1, -0.05) is 27.7 Å². The Morgan fingerprint density at radius 1 is 1.33 bits per heavy atom. The smallest absolute Gasteiger partial charge is 0.111 e. The minimum absolute atomic E-state index is 0.0182. The van der Waals surface area contributed by atoms with Gasteiger partial charge in [-0.05, 0) is 44.0 Å². The van der Waals surface area contributed by atoms with Crippen molar-refractivity contribution in [2.24, 2.45) is 17.6 Å². The Bertz CT molecular complexity index is 355. The maximum atomic E-state index is 5.78. The molecule has 3 heteroatoms. The highest BCUT2D eigenvalue weighted by Gasteiger charge is 2.24. The van der Waals surface area contributed by atoms with Crippen molar-refractivity contribution in [3.8, 4) is 0 Å². The van der Waals surface area contributed by atoms with Crippen LogP contribution < -0.4 is 11.1 Å². The van der Waals surface area contributed by atoms with Gasteiger partial charge in [-0.3, -0.25) is 0 Å². The molecule has 0 aromatic carbocycles. The van der Waals surface area contributed by atoms with Crippen LogP contribution in [0, 0.1) is 18.8 Å². The van der Waals surface area contributed by atoms with Crippen LogP contribution in [0.25, 0.3) is 0 Å². The van der Waals surface area contributed by atoms with Gasteiger partial charge in [0.2, 0.25) is 0 Å². The molecule has 1 atom stereocenters. The molecule has 104 valence electrons. The lowest BCUT2D eigenvalue weighted by molar-refractivity contribution is 0.324. The maximum absolute atomic E-state index is 5.78. The van der Waals surface area contributed by atoms with Gasteiger partial charge in [0, 0.05) is 12.0 Å². The predicted octanol–water partition coefficient (Wildman–Crippen LogP) is 2.69. The molecule has 0 aliphatic carbocycles. The quantitative estimate of drug-likeness (QED) is 0.784. The fourth-order valence-corrected chi connectivity index (χ4v) is 2.05. The van der Waals surface area contributed by atoms with Crippen LogP contribution in [0.4, 0.5) is 0 Å². The van der Waals surface area contributed by atoms with Crippen molar-refractivity contribution in [2.45, 2.75) is 40.0 Å². The third-order valence-electron chi connectivity index (χ3n) is 3.63. The van der Waals surface area contributed by atoms with Gasteiger partial charge in [0.15, 0.2) is 0 Å². The first-order valence-corrected chi connectivity index (χ1v) is 6.84. The van der Waals surface area contributed by atoms with Crippen molar-refractivity contribution >= 4 is 0 Å². The highest BCUT2D eigenvalue weighted by molar-refractivity contribution is 5.15. The van der Waals surface area contributed by atoms with Crippen LogP contribution in [0.5, 0.6) is 0 Å². The molecule has 0 saturated heterocycles. The van der Waals surface area contributed by atoms with Crippen LogP contribution in [0.2, 0.25) is 0 Å². The largest absolute Gasteiger partial charge is 0.466 e. The maximum Gasteiger partial charge on any atom is 0.111 e. The zero-order valence-electron chi connectivity index (χ0n) is 12.4. The van der Waals surface area contributed by atoms with Crippen molar-refractivity contribution in [3.63, 3.8) is 0 Å². The van der Waals surface area contributed by atoms with Gasteiger partial charge >= 0.3 is 0 Å². The first kappa shape index (κ1) is 15.3. The molecule has 1 heterocycles. The number of hydrogen-bond donors (Lipinski definition) is 2. The molecule has 0 amide bonds. The Morgan fingerprint density at radius 3 is 2.44 bits per heavy atom. The molecule has 1 rings (SSSR count). The van der Waals surface area contributed by atoms with Crippen molar-refractivity contribution < 1.29 is 4.42 Å². The van der Waals surface area contributed by atoms with E-state index in [-0.39, 0.29) is 5.41 Å². The van der Waals surface area contributed by atoms with E-state index in [0.29, 0.717) is 11.8 Å². The highest BCUT2D eigenvalue weighted by Crippen LogP contribution is 2.24. The lowest BCUT2D eigenvalue weighted by Crippen LogP contribution is -2.38. The summed E-state index contributed by atoms with van der Waals surface area (Å²) in [6.45, 7) is 13.4. The van der Waals surface area contributed by atoms with Crippen LogP contribution in [0.15, 0.2) is 16.5 Å². The molecule has 0 radical (unpaired) electrons. The third kappa shape index (κ3) is 4.14.